The molecule has 1 rings (SSSR count). The molecule has 0 radical (unpaired) electrons. The first kappa shape index (κ1) is 16.8. The average molecular weight is 290 g/mol. The lowest BCUT2D eigenvalue weighted by Gasteiger charge is -2.19. The highest BCUT2D eigenvalue weighted by atomic mass is 19.4. The van der Waals surface area contributed by atoms with Gasteiger partial charge in [0.1, 0.15) is 5.69 Å². The van der Waals surface area contributed by atoms with Gasteiger partial charge in [0, 0.05) is 19.2 Å². The fourth-order valence-corrected chi connectivity index (χ4v) is 1.78. The van der Waals surface area contributed by atoms with E-state index in [9.17, 15) is 18.0 Å². The molecule has 0 aliphatic carbocycles. The Kier molecular flexibility index (Phi) is 5.39. The van der Waals surface area contributed by atoms with Crippen molar-refractivity contribution in [3.63, 3.8) is 0 Å². The normalized spacial score (nSPS) is 12.7. The Hall–Kier alpha value is -1.30. The molecule has 1 heterocycles. The van der Waals surface area contributed by atoms with Gasteiger partial charge < -0.3 is 9.88 Å². The third-order valence-corrected chi connectivity index (χ3v) is 2.90. The summed E-state index contributed by atoms with van der Waals surface area (Å²) in [5, 5.41) is 3.07. The molecule has 1 N–H and O–H groups in total. The minimum Gasteiger partial charge on any atom is -0.315 e. The molecule has 0 aromatic carbocycles. The van der Waals surface area contributed by atoms with E-state index in [4.69, 9.17) is 0 Å². The van der Waals surface area contributed by atoms with Gasteiger partial charge in [0.25, 0.3) is 5.56 Å². The zero-order valence-corrected chi connectivity index (χ0v) is 12.0. The lowest BCUT2D eigenvalue weighted by molar-refractivity contribution is -0.144. The Morgan fingerprint density at radius 1 is 1.15 bits per heavy atom. The number of aromatic nitrogens is 1. The second-order valence-corrected chi connectivity index (χ2v) is 5.96. The van der Waals surface area contributed by atoms with E-state index in [1.54, 1.807) is 0 Å². The summed E-state index contributed by atoms with van der Waals surface area (Å²) < 4.78 is 39.1. The van der Waals surface area contributed by atoms with Gasteiger partial charge in [-0.05, 0) is 24.4 Å². The van der Waals surface area contributed by atoms with Gasteiger partial charge in [-0.1, -0.05) is 26.8 Å². The minimum absolute atomic E-state index is 0.0126. The SMILES string of the molecule is CC(C)(C)CCNCCn1c(C(F)(F)F)cccc1=O. The molecule has 1 aromatic heterocycles. The van der Waals surface area contributed by atoms with Crippen LogP contribution in [0.4, 0.5) is 13.2 Å². The molecule has 0 amide bonds. The largest absolute Gasteiger partial charge is 0.431 e. The quantitative estimate of drug-likeness (QED) is 0.846. The number of hydrogen-bond donors (Lipinski definition) is 1. The first-order valence-electron chi connectivity index (χ1n) is 6.59. The topological polar surface area (TPSA) is 34.0 Å². The van der Waals surface area contributed by atoms with Crippen LogP contribution in [0.25, 0.3) is 0 Å². The first-order chi connectivity index (χ1) is 9.11. The Morgan fingerprint density at radius 3 is 2.35 bits per heavy atom. The number of nitrogens with zero attached hydrogens (tertiary/aromatic N) is 1. The van der Waals surface area contributed by atoms with Gasteiger partial charge in [0.15, 0.2) is 0 Å². The van der Waals surface area contributed by atoms with Crippen molar-refractivity contribution >= 4 is 0 Å². The van der Waals surface area contributed by atoms with Crippen LogP contribution in [0, 0.1) is 5.41 Å². The fraction of sp³-hybridized carbons (Fsp3) is 0.643. The lowest BCUT2D eigenvalue weighted by atomic mass is 9.92. The van der Waals surface area contributed by atoms with Crippen molar-refractivity contribution < 1.29 is 13.2 Å². The third-order valence-electron chi connectivity index (χ3n) is 2.90. The van der Waals surface area contributed by atoms with Gasteiger partial charge in [-0.3, -0.25) is 4.79 Å². The summed E-state index contributed by atoms with van der Waals surface area (Å²) in [6.45, 7) is 7.35. The highest BCUT2D eigenvalue weighted by Gasteiger charge is 2.33. The van der Waals surface area contributed by atoms with Crippen molar-refractivity contribution in [2.45, 2.75) is 39.9 Å². The number of nitrogens with one attached hydrogen (secondary N) is 1. The van der Waals surface area contributed by atoms with Crippen LogP contribution in [0.2, 0.25) is 0 Å². The standard InChI is InChI=1S/C14H21F3N2O/c1-13(2,3)7-8-18-9-10-19-11(14(15,16)17)5-4-6-12(19)20/h4-6,18H,7-10H2,1-3H3. The van der Waals surface area contributed by atoms with Crippen LogP contribution >= 0.6 is 0 Å². The second-order valence-electron chi connectivity index (χ2n) is 5.96. The van der Waals surface area contributed by atoms with Crippen LogP contribution in [-0.4, -0.2) is 17.7 Å². The van der Waals surface area contributed by atoms with E-state index in [0.717, 1.165) is 29.2 Å². The van der Waals surface area contributed by atoms with Crippen LogP contribution in [0.15, 0.2) is 23.0 Å². The molecule has 0 aliphatic heterocycles. The first-order valence-corrected chi connectivity index (χ1v) is 6.59. The molecule has 0 spiro atoms. The van der Waals surface area contributed by atoms with Gasteiger partial charge in [0.05, 0.1) is 0 Å². The van der Waals surface area contributed by atoms with Gasteiger partial charge >= 0.3 is 6.18 Å². The zero-order valence-electron chi connectivity index (χ0n) is 12.0. The highest BCUT2D eigenvalue weighted by Crippen LogP contribution is 2.27. The number of alkyl halides is 3. The molecular formula is C14H21F3N2O. The van der Waals surface area contributed by atoms with E-state index >= 15 is 0 Å². The van der Waals surface area contributed by atoms with Gasteiger partial charge in [-0.2, -0.15) is 13.2 Å². The summed E-state index contributed by atoms with van der Waals surface area (Å²) in [6, 6.07) is 3.20. The zero-order chi connectivity index (χ0) is 15.4. The monoisotopic (exact) mass is 290 g/mol. The van der Waals surface area contributed by atoms with Gasteiger partial charge in [-0.25, -0.2) is 0 Å². The molecule has 114 valence electrons. The van der Waals surface area contributed by atoms with Crippen molar-refractivity contribution in [3.05, 3.63) is 34.2 Å². The molecule has 20 heavy (non-hydrogen) atoms. The van der Waals surface area contributed by atoms with Gasteiger partial charge in [-0.15, -0.1) is 0 Å². The van der Waals surface area contributed by atoms with E-state index in [0.29, 0.717) is 13.1 Å². The van der Waals surface area contributed by atoms with Crippen molar-refractivity contribution in [2.24, 2.45) is 5.41 Å². The Labute approximate surface area is 116 Å². The number of halogens is 3. The summed E-state index contributed by atoms with van der Waals surface area (Å²) in [6.07, 6.45) is -3.59. The summed E-state index contributed by atoms with van der Waals surface area (Å²) >= 11 is 0. The molecule has 0 unspecified atom stereocenters. The molecule has 0 aliphatic rings. The van der Waals surface area contributed by atoms with Crippen molar-refractivity contribution in [3.8, 4) is 0 Å². The van der Waals surface area contributed by atoms with Crippen molar-refractivity contribution in [2.75, 3.05) is 13.1 Å². The van der Waals surface area contributed by atoms with Crippen LogP contribution in [0.5, 0.6) is 0 Å². The average Bonchev–Trinajstić information content (AvgIpc) is 2.27. The summed E-state index contributed by atoms with van der Waals surface area (Å²) in [4.78, 5) is 11.5. The lowest BCUT2D eigenvalue weighted by Crippen LogP contribution is -2.32. The second kappa shape index (κ2) is 6.43. The smallest absolute Gasteiger partial charge is 0.315 e. The Bertz CT molecular complexity index is 486. The molecule has 0 atom stereocenters. The van der Waals surface area contributed by atoms with Crippen molar-refractivity contribution in [1.82, 2.24) is 9.88 Å². The van der Waals surface area contributed by atoms with E-state index in [1.165, 1.54) is 0 Å². The highest BCUT2D eigenvalue weighted by molar-refractivity contribution is 5.10. The molecule has 0 saturated heterocycles. The molecule has 6 heteroatoms. The van der Waals surface area contributed by atoms with Crippen LogP contribution in [0.3, 0.4) is 0 Å². The maximum atomic E-state index is 12.8. The van der Waals surface area contributed by atoms with E-state index in [-0.39, 0.29) is 12.0 Å². The fourth-order valence-electron chi connectivity index (χ4n) is 1.78. The van der Waals surface area contributed by atoms with E-state index in [2.05, 4.69) is 26.1 Å². The van der Waals surface area contributed by atoms with Crippen LogP contribution in [0.1, 0.15) is 32.9 Å². The molecule has 3 nitrogen and oxygen atoms in total. The predicted octanol–water partition coefficient (Wildman–Crippen LogP) is 2.89. The predicted molar refractivity (Wildman–Crippen MR) is 72.6 cm³/mol. The number of rotatable bonds is 5. The number of pyridine rings is 1. The molecular weight excluding hydrogens is 269 g/mol. The maximum Gasteiger partial charge on any atom is 0.431 e. The molecule has 0 bridgehead atoms. The minimum atomic E-state index is -4.51. The summed E-state index contributed by atoms with van der Waals surface area (Å²) in [5.41, 5.74) is -1.35. The Morgan fingerprint density at radius 2 is 1.80 bits per heavy atom. The van der Waals surface area contributed by atoms with E-state index in [1.807, 2.05) is 0 Å². The maximum absolute atomic E-state index is 12.8. The molecule has 0 saturated carbocycles. The van der Waals surface area contributed by atoms with Crippen LogP contribution in [-0.2, 0) is 12.7 Å². The van der Waals surface area contributed by atoms with Crippen LogP contribution < -0.4 is 10.9 Å². The molecule has 0 fully saturated rings. The molecule has 1 aromatic rings. The number of hydrogen-bond acceptors (Lipinski definition) is 2. The summed E-state index contributed by atoms with van der Waals surface area (Å²) in [7, 11) is 0. The summed E-state index contributed by atoms with van der Waals surface area (Å²) in [5.74, 6) is 0. The Balaban J connectivity index is 2.63. The van der Waals surface area contributed by atoms with E-state index < -0.39 is 17.4 Å². The third kappa shape index (κ3) is 5.36. The van der Waals surface area contributed by atoms with Gasteiger partial charge in [0.2, 0.25) is 0 Å². The van der Waals surface area contributed by atoms with Crippen molar-refractivity contribution in [1.29, 1.82) is 0 Å².